The Morgan fingerprint density at radius 1 is 1.15 bits per heavy atom. The Kier molecular flexibility index (Phi) is 7.01. The lowest BCUT2D eigenvalue weighted by atomic mass is 9.94. The standard InChI is InChI=1S/C24H27N3O5S2/c1-15-7-8-20-21(10-15)33-24(25-20)26-22(28)14-32-23(29)18-5-4-6-19(11-18)34(30,31)27-12-16(2)9-17(3)13-27/h4-8,10-11,16-17H,9,12-14H2,1-3H3,(H,25,26,28). The number of carbonyl (C=O) groups excluding carboxylic acids is 2. The van der Waals surface area contributed by atoms with E-state index in [4.69, 9.17) is 4.74 Å². The summed E-state index contributed by atoms with van der Waals surface area (Å²) in [7, 11) is -3.73. The van der Waals surface area contributed by atoms with Gasteiger partial charge in [-0.3, -0.25) is 10.1 Å². The molecule has 0 spiro atoms. The number of nitrogens with one attached hydrogen (secondary N) is 1. The van der Waals surface area contributed by atoms with Crippen molar-refractivity contribution in [2.24, 2.45) is 11.8 Å². The maximum atomic E-state index is 13.1. The molecule has 0 bridgehead atoms. The lowest BCUT2D eigenvalue weighted by molar-refractivity contribution is -0.119. The first-order valence-electron chi connectivity index (χ1n) is 11.1. The molecule has 2 unspecified atom stereocenters. The molecule has 1 amide bonds. The van der Waals surface area contributed by atoms with Gasteiger partial charge >= 0.3 is 5.97 Å². The van der Waals surface area contributed by atoms with Crippen LogP contribution in [0.2, 0.25) is 0 Å². The van der Waals surface area contributed by atoms with Crippen LogP contribution in [0, 0.1) is 18.8 Å². The van der Waals surface area contributed by atoms with E-state index < -0.39 is 28.5 Å². The highest BCUT2D eigenvalue weighted by Gasteiger charge is 2.32. The van der Waals surface area contributed by atoms with Crippen LogP contribution in [-0.2, 0) is 19.6 Å². The fourth-order valence-corrected chi connectivity index (χ4v) is 6.90. The van der Waals surface area contributed by atoms with E-state index in [1.807, 2.05) is 39.0 Å². The van der Waals surface area contributed by atoms with Crippen LogP contribution in [-0.4, -0.2) is 49.3 Å². The molecule has 0 aliphatic carbocycles. The molecule has 1 aliphatic rings. The van der Waals surface area contributed by atoms with Crippen LogP contribution in [0.5, 0.6) is 0 Å². The monoisotopic (exact) mass is 501 g/mol. The Morgan fingerprint density at radius 3 is 2.62 bits per heavy atom. The maximum Gasteiger partial charge on any atom is 0.338 e. The van der Waals surface area contributed by atoms with Crippen LogP contribution in [0.4, 0.5) is 5.13 Å². The van der Waals surface area contributed by atoms with Crippen LogP contribution in [0.3, 0.4) is 0 Å². The molecule has 10 heteroatoms. The van der Waals surface area contributed by atoms with Crippen molar-refractivity contribution in [1.29, 1.82) is 0 Å². The quantitative estimate of drug-likeness (QED) is 0.511. The largest absolute Gasteiger partial charge is 0.452 e. The molecular weight excluding hydrogens is 474 g/mol. The number of fused-ring (bicyclic) bond motifs is 1. The van der Waals surface area contributed by atoms with Gasteiger partial charge in [-0.15, -0.1) is 0 Å². The van der Waals surface area contributed by atoms with Gasteiger partial charge in [-0.2, -0.15) is 4.31 Å². The van der Waals surface area contributed by atoms with Gasteiger partial charge in [-0.1, -0.05) is 37.3 Å². The number of nitrogens with zero attached hydrogens (tertiary/aromatic N) is 2. The van der Waals surface area contributed by atoms with Crippen molar-refractivity contribution in [3.63, 3.8) is 0 Å². The van der Waals surface area contributed by atoms with Gasteiger partial charge in [0.25, 0.3) is 5.91 Å². The van der Waals surface area contributed by atoms with E-state index in [1.54, 1.807) is 0 Å². The first kappa shape index (κ1) is 24.3. The van der Waals surface area contributed by atoms with Gasteiger partial charge < -0.3 is 4.74 Å². The van der Waals surface area contributed by atoms with E-state index in [0.717, 1.165) is 22.2 Å². The van der Waals surface area contributed by atoms with Crippen molar-refractivity contribution in [3.8, 4) is 0 Å². The summed E-state index contributed by atoms with van der Waals surface area (Å²) < 4.78 is 33.8. The predicted octanol–water partition coefficient (Wildman–Crippen LogP) is 4.07. The number of aryl methyl sites for hydroxylation is 1. The van der Waals surface area contributed by atoms with E-state index in [2.05, 4.69) is 10.3 Å². The number of esters is 1. The number of ether oxygens (including phenoxy) is 1. The van der Waals surface area contributed by atoms with Crippen molar-refractivity contribution < 1.29 is 22.7 Å². The van der Waals surface area contributed by atoms with Crippen molar-refractivity contribution in [2.45, 2.75) is 32.1 Å². The minimum Gasteiger partial charge on any atom is -0.452 e. The molecule has 1 N–H and O–H groups in total. The SMILES string of the molecule is Cc1ccc2nc(NC(=O)COC(=O)c3cccc(S(=O)(=O)N4CC(C)CC(C)C4)c3)sc2c1. The zero-order valence-electron chi connectivity index (χ0n) is 19.3. The third kappa shape index (κ3) is 5.45. The van der Waals surface area contributed by atoms with Crippen LogP contribution in [0.1, 0.15) is 36.2 Å². The van der Waals surface area contributed by atoms with E-state index in [-0.39, 0.29) is 22.3 Å². The lowest BCUT2D eigenvalue weighted by Gasteiger charge is -2.34. The number of sulfonamides is 1. The topological polar surface area (TPSA) is 106 Å². The molecule has 2 heterocycles. The Hall–Kier alpha value is -2.82. The number of benzene rings is 2. The highest BCUT2D eigenvalue weighted by Crippen LogP contribution is 2.28. The Morgan fingerprint density at radius 2 is 1.88 bits per heavy atom. The third-order valence-electron chi connectivity index (χ3n) is 5.67. The van der Waals surface area contributed by atoms with E-state index in [9.17, 15) is 18.0 Å². The highest BCUT2D eigenvalue weighted by atomic mass is 32.2. The molecule has 0 saturated carbocycles. The summed E-state index contributed by atoms with van der Waals surface area (Å²) in [6.07, 6.45) is 0.983. The van der Waals surface area contributed by atoms with E-state index in [0.29, 0.717) is 18.2 Å². The van der Waals surface area contributed by atoms with Crippen molar-refractivity contribution >= 4 is 48.6 Å². The van der Waals surface area contributed by atoms with Gasteiger partial charge in [-0.05, 0) is 61.1 Å². The molecule has 2 aromatic carbocycles. The number of aromatic nitrogens is 1. The van der Waals surface area contributed by atoms with Crippen molar-refractivity contribution in [1.82, 2.24) is 9.29 Å². The van der Waals surface area contributed by atoms with Crippen molar-refractivity contribution in [3.05, 3.63) is 53.6 Å². The number of thiazole rings is 1. The summed E-state index contributed by atoms with van der Waals surface area (Å²) in [5.41, 5.74) is 1.94. The molecule has 1 saturated heterocycles. The molecular formula is C24H27N3O5S2. The number of piperidine rings is 1. The molecule has 2 atom stereocenters. The first-order chi connectivity index (χ1) is 16.1. The molecule has 180 valence electrons. The fraction of sp³-hybridized carbons (Fsp3) is 0.375. The molecule has 3 aromatic rings. The second kappa shape index (κ2) is 9.81. The fourth-order valence-electron chi connectivity index (χ4n) is 4.19. The van der Waals surface area contributed by atoms with Crippen LogP contribution in [0.15, 0.2) is 47.4 Å². The molecule has 8 nitrogen and oxygen atoms in total. The van der Waals surface area contributed by atoms with E-state index >= 15 is 0 Å². The molecule has 1 fully saturated rings. The summed E-state index contributed by atoms with van der Waals surface area (Å²) in [6.45, 7) is 6.44. The zero-order valence-corrected chi connectivity index (χ0v) is 20.9. The number of amides is 1. The van der Waals surface area contributed by atoms with E-state index in [1.165, 1.54) is 39.9 Å². The molecule has 1 aromatic heterocycles. The van der Waals surface area contributed by atoms with Gasteiger partial charge in [0, 0.05) is 13.1 Å². The van der Waals surface area contributed by atoms with Crippen LogP contribution < -0.4 is 5.32 Å². The summed E-state index contributed by atoms with van der Waals surface area (Å²) in [6, 6.07) is 11.5. The summed E-state index contributed by atoms with van der Waals surface area (Å²) in [5, 5.41) is 3.05. The zero-order chi connectivity index (χ0) is 24.5. The van der Waals surface area contributed by atoms with Gasteiger partial charge in [0.15, 0.2) is 11.7 Å². The molecule has 4 rings (SSSR count). The molecule has 34 heavy (non-hydrogen) atoms. The van der Waals surface area contributed by atoms with Gasteiger partial charge in [-0.25, -0.2) is 18.2 Å². The third-order valence-corrected chi connectivity index (χ3v) is 8.43. The normalized spacial score (nSPS) is 19.1. The maximum absolute atomic E-state index is 13.1. The highest BCUT2D eigenvalue weighted by molar-refractivity contribution is 7.89. The molecule has 0 radical (unpaired) electrons. The number of hydrogen-bond acceptors (Lipinski definition) is 7. The number of rotatable bonds is 6. The van der Waals surface area contributed by atoms with Crippen LogP contribution in [0.25, 0.3) is 10.2 Å². The summed E-state index contributed by atoms with van der Waals surface area (Å²) in [5.74, 6) is -0.758. The van der Waals surface area contributed by atoms with Gasteiger partial charge in [0.05, 0.1) is 20.7 Å². The minimum absolute atomic E-state index is 0.0393. The number of hydrogen-bond donors (Lipinski definition) is 1. The second-order valence-corrected chi connectivity index (χ2v) is 11.9. The van der Waals surface area contributed by atoms with Gasteiger partial charge in [0.1, 0.15) is 0 Å². The average Bonchev–Trinajstić information content (AvgIpc) is 3.18. The number of carbonyl (C=O) groups is 2. The Bertz CT molecular complexity index is 1330. The smallest absolute Gasteiger partial charge is 0.338 e. The lowest BCUT2D eigenvalue weighted by Crippen LogP contribution is -2.42. The Balaban J connectivity index is 1.39. The van der Waals surface area contributed by atoms with Gasteiger partial charge in [0.2, 0.25) is 10.0 Å². The second-order valence-electron chi connectivity index (χ2n) is 8.91. The predicted molar refractivity (Wildman–Crippen MR) is 131 cm³/mol. The van der Waals surface area contributed by atoms with Crippen molar-refractivity contribution in [2.75, 3.05) is 25.0 Å². The number of anilines is 1. The minimum atomic E-state index is -3.73. The Labute approximate surface area is 203 Å². The summed E-state index contributed by atoms with van der Waals surface area (Å²) >= 11 is 1.33. The summed E-state index contributed by atoms with van der Waals surface area (Å²) in [4.78, 5) is 29.2. The molecule has 1 aliphatic heterocycles. The van der Waals surface area contributed by atoms with Crippen LogP contribution >= 0.6 is 11.3 Å². The average molecular weight is 502 g/mol. The first-order valence-corrected chi connectivity index (χ1v) is 13.3.